The number of benzene rings is 2. The third kappa shape index (κ3) is 5.88. The molecule has 26 heavy (non-hydrogen) atoms. The molecule has 0 radical (unpaired) electrons. The quantitative estimate of drug-likeness (QED) is 0.683. The maximum absolute atomic E-state index is 12.0. The number of methoxy groups -OCH3 is 3. The number of hydrogen-bond donors (Lipinski definition) is 2. The predicted molar refractivity (Wildman–Crippen MR) is 102 cm³/mol. The van der Waals surface area contributed by atoms with E-state index >= 15 is 0 Å². The van der Waals surface area contributed by atoms with Crippen molar-refractivity contribution >= 4 is 11.6 Å². The molecule has 6 nitrogen and oxygen atoms in total. The number of ether oxygens (including phenoxy) is 3. The van der Waals surface area contributed by atoms with Crippen LogP contribution in [-0.4, -0.2) is 40.3 Å². The molecule has 1 amide bonds. The first-order chi connectivity index (χ1) is 12.7. The number of carbonyl (C=O) groups is 1. The molecule has 140 valence electrons. The minimum absolute atomic E-state index is 0.00729. The minimum Gasteiger partial charge on any atom is -0.497 e. The average Bonchev–Trinajstić information content (AvgIpc) is 2.68. The summed E-state index contributed by atoms with van der Waals surface area (Å²) in [5.41, 5.74) is 1.96. The van der Waals surface area contributed by atoms with Crippen LogP contribution in [0.5, 0.6) is 17.2 Å². The van der Waals surface area contributed by atoms with Crippen LogP contribution in [0.15, 0.2) is 42.5 Å². The first-order valence-corrected chi connectivity index (χ1v) is 8.51. The van der Waals surface area contributed by atoms with Gasteiger partial charge in [0.2, 0.25) is 5.91 Å². The topological polar surface area (TPSA) is 68.8 Å². The maximum Gasteiger partial charge on any atom is 0.221 e. The van der Waals surface area contributed by atoms with Crippen molar-refractivity contribution in [3.05, 3.63) is 48.0 Å². The van der Waals surface area contributed by atoms with Gasteiger partial charge in [0, 0.05) is 25.6 Å². The molecule has 2 N–H and O–H groups in total. The fourth-order valence-corrected chi connectivity index (χ4v) is 2.52. The van der Waals surface area contributed by atoms with Crippen molar-refractivity contribution < 1.29 is 19.0 Å². The summed E-state index contributed by atoms with van der Waals surface area (Å²) in [5, 5.41) is 6.14. The van der Waals surface area contributed by atoms with Gasteiger partial charge >= 0.3 is 0 Å². The van der Waals surface area contributed by atoms with Crippen LogP contribution in [0.3, 0.4) is 0 Å². The van der Waals surface area contributed by atoms with Gasteiger partial charge in [-0.15, -0.1) is 0 Å². The molecule has 0 aliphatic carbocycles. The van der Waals surface area contributed by atoms with E-state index in [2.05, 4.69) is 10.6 Å². The smallest absolute Gasteiger partial charge is 0.221 e. The van der Waals surface area contributed by atoms with Crippen LogP contribution in [0.25, 0.3) is 0 Å². The molecule has 0 aromatic heterocycles. The lowest BCUT2D eigenvalue weighted by Crippen LogP contribution is -2.27. The Kier molecular flexibility index (Phi) is 7.61. The van der Waals surface area contributed by atoms with E-state index in [-0.39, 0.29) is 5.91 Å². The Labute approximate surface area is 154 Å². The van der Waals surface area contributed by atoms with Gasteiger partial charge in [-0.25, -0.2) is 0 Å². The van der Waals surface area contributed by atoms with Crippen LogP contribution in [-0.2, 0) is 11.2 Å². The zero-order valence-electron chi connectivity index (χ0n) is 15.5. The molecule has 6 heteroatoms. The van der Waals surface area contributed by atoms with Gasteiger partial charge in [-0.2, -0.15) is 0 Å². The van der Waals surface area contributed by atoms with Crippen molar-refractivity contribution in [2.45, 2.75) is 12.8 Å². The first-order valence-electron chi connectivity index (χ1n) is 8.51. The van der Waals surface area contributed by atoms with Crippen LogP contribution >= 0.6 is 0 Å². The van der Waals surface area contributed by atoms with Gasteiger partial charge in [0.1, 0.15) is 17.2 Å². The van der Waals surface area contributed by atoms with Crippen LogP contribution in [0.4, 0.5) is 5.69 Å². The third-order valence-electron chi connectivity index (χ3n) is 3.95. The molecule has 2 rings (SSSR count). The highest BCUT2D eigenvalue weighted by molar-refractivity contribution is 5.76. The molecule has 0 bridgehead atoms. The van der Waals surface area contributed by atoms with Crippen molar-refractivity contribution in [1.29, 1.82) is 0 Å². The standard InChI is InChI=1S/C20H26N2O4/c1-24-16-6-4-5-15(13-16)9-11-22-20(23)10-12-21-18-8-7-17(25-2)14-19(18)26-3/h4-8,13-14,21H,9-12H2,1-3H3,(H,22,23). The van der Waals surface area contributed by atoms with Crippen LogP contribution in [0.2, 0.25) is 0 Å². The highest BCUT2D eigenvalue weighted by Gasteiger charge is 2.06. The summed E-state index contributed by atoms with van der Waals surface area (Å²) in [6, 6.07) is 13.4. The molecule has 2 aromatic rings. The molecule has 0 unspecified atom stereocenters. The zero-order chi connectivity index (χ0) is 18.8. The molecular weight excluding hydrogens is 332 g/mol. The number of amides is 1. The summed E-state index contributed by atoms with van der Waals surface area (Å²) in [6.07, 6.45) is 1.15. The summed E-state index contributed by atoms with van der Waals surface area (Å²) in [7, 11) is 4.86. The Morgan fingerprint density at radius 2 is 1.69 bits per heavy atom. The lowest BCUT2D eigenvalue weighted by molar-refractivity contribution is -0.120. The Morgan fingerprint density at radius 1 is 0.923 bits per heavy atom. The molecular formula is C20H26N2O4. The normalized spacial score (nSPS) is 10.1. The fourth-order valence-electron chi connectivity index (χ4n) is 2.52. The summed E-state index contributed by atoms with van der Waals surface area (Å²) >= 11 is 0. The third-order valence-corrected chi connectivity index (χ3v) is 3.95. The lowest BCUT2D eigenvalue weighted by atomic mass is 10.1. The van der Waals surface area contributed by atoms with Crippen molar-refractivity contribution in [1.82, 2.24) is 5.32 Å². The lowest BCUT2D eigenvalue weighted by Gasteiger charge is -2.12. The number of rotatable bonds is 10. The second-order valence-electron chi connectivity index (χ2n) is 5.69. The van der Waals surface area contributed by atoms with Crippen LogP contribution in [0, 0.1) is 0 Å². The fraction of sp³-hybridized carbons (Fsp3) is 0.350. The van der Waals surface area contributed by atoms with Gasteiger partial charge in [0.15, 0.2) is 0 Å². The number of carbonyl (C=O) groups excluding carboxylic acids is 1. The van der Waals surface area contributed by atoms with Crippen molar-refractivity contribution in [3.63, 3.8) is 0 Å². The van der Waals surface area contributed by atoms with E-state index in [1.165, 1.54) is 0 Å². The first kappa shape index (κ1) is 19.4. The second-order valence-corrected chi connectivity index (χ2v) is 5.69. The molecule has 0 fully saturated rings. The van der Waals surface area contributed by atoms with Crippen molar-refractivity contribution in [2.24, 2.45) is 0 Å². The second kappa shape index (κ2) is 10.2. The minimum atomic E-state index is 0.00729. The van der Waals surface area contributed by atoms with Crippen LogP contribution in [0.1, 0.15) is 12.0 Å². The summed E-state index contributed by atoms with van der Waals surface area (Å²) < 4.78 is 15.7. The van der Waals surface area contributed by atoms with Crippen molar-refractivity contribution in [2.75, 3.05) is 39.7 Å². The Hall–Kier alpha value is -2.89. The molecule has 0 heterocycles. The molecule has 0 atom stereocenters. The van der Waals surface area contributed by atoms with Gasteiger partial charge in [-0.1, -0.05) is 12.1 Å². The Morgan fingerprint density at radius 3 is 2.42 bits per heavy atom. The molecule has 0 aliphatic rings. The number of anilines is 1. The van der Waals surface area contributed by atoms with Gasteiger partial charge < -0.3 is 24.8 Å². The van der Waals surface area contributed by atoms with E-state index in [1.54, 1.807) is 27.4 Å². The monoisotopic (exact) mass is 358 g/mol. The Bertz CT molecular complexity index is 719. The van der Waals surface area contributed by atoms with E-state index in [0.717, 1.165) is 29.2 Å². The van der Waals surface area contributed by atoms with Gasteiger partial charge in [0.05, 0.1) is 27.0 Å². The SMILES string of the molecule is COc1cccc(CCNC(=O)CCNc2ccc(OC)cc2OC)c1. The van der Waals surface area contributed by atoms with E-state index < -0.39 is 0 Å². The summed E-state index contributed by atoms with van der Waals surface area (Å²) in [5.74, 6) is 2.24. The van der Waals surface area contributed by atoms with E-state index in [0.29, 0.717) is 25.3 Å². The van der Waals surface area contributed by atoms with E-state index in [1.807, 2.05) is 36.4 Å². The number of nitrogens with one attached hydrogen (secondary N) is 2. The van der Waals surface area contributed by atoms with Crippen molar-refractivity contribution in [3.8, 4) is 17.2 Å². The van der Waals surface area contributed by atoms with Gasteiger partial charge in [-0.3, -0.25) is 4.79 Å². The van der Waals surface area contributed by atoms with E-state index in [9.17, 15) is 4.79 Å². The molecule has 0 saturated carbocycles. The Balaban J connectivity index is 1.72. The summed E-state index contributed by atoms with van der Waals surface area (Å²) in [6.45, 7) is 1.12. The van der Waals surface area contributed by atoms with Gasteiger partial charge in [-0.05, 0) is 36.2 Å². The highest BCUT2D eigenvalue weighted by atomic mass is 16.5. The molecule has 0 aliphatic heterocycles. The van der Waals surface area contributed by atoms with Crippen LogP contribution < -0.4 is 24.8 Å². The number of hydrogen-bond acceptors (Lipinski definition) is 5. The van der Waals surface area contributed by atoms with Gasteiger partial charge in [0.25, 0.3) is 0 Å². The predicted octanol–water partition coefficient (Wildman–Crippen LogP) is 2.87. The maximum atomic E-state index is 12.0. The average molecular weight is 358 g/mol. The largest absolute Gasteiger partial charge is 0.497 e. The molecule has 0 spiro atoms. The molecule has 2 aromatic carbocycles. The zero-order valence-corrected chi connectivity index (χ0v) is 15.5. The summed E-state index contributed by atoms with van der Waals surface area (Å²) in [4.78, 5) is 12.0. The highest BCUT2D eigenvalue weighted by Crippen LogP contribution is 2.28. The molecule has 0 saturated heterocycles. The van der Waals surface area contributed by atoms with E-state index in [4.69, 9.17) is 14.2 Å².